The van der Waals surface area contributed by atoms with Gasteiger partial charge in [-0.2, -0.15) is 8.78 Å². The minimum atomic E-state index is -1.40. The Balaban J connectivity index is 1.20. The predicted octanol–water partition coefficient (Wildman–Crippen LogP) is 6.98. The number of aromatic nitrogens is 4. The fraction of sp³-hybridized carbons (Fsp3) is 0.105. The third-order valence-electron chi connectivity index (χ3n) is 8.01. The van der Waals surface area contributed by atoms with E-state index < -0.39 is 82.0 Å². The molecule has 6 aromatic rings. The summed E-state index contributed by atoms with van der Waals surface area (Å²) in [4.78, 5) is 66.1. The first kappa shape index (κ1) is 40.5. The van der Waals surface area contributed by atoms with Crippen molar-refractivity contribution in [2.75, 3.05) is 23.8 Å². The topological polar surface area (TPSA) is 158 Å². The van der Waals surface area contributed by atoms with Crippen LogP contribution in [0.25, 0.3) is 0 Å². The molecule has 2 aromatic carbocycles. The first-order valence-corrected chi connectivity index (χ1v) is 18.2. The van der Waals surface area contributed by atoms with Gasteiger partial charge in [0.2, 0.25) is 11.6 Å². The molecule has 6 rings (SSSR count). The highest BCUT2D eigenvalue weighted by Crippen LogP contribution is 2.29. The fourth-order valence-electron chi connectivity index (χ4n) is 5.30. The number of halogens is 6. The zero-order valence-electron chi connectivity index (χ0n) is 29.1. The molecule has 292 valence electrons. The lowest BCUT2D eigenvalue weighted by atomic mass is 10.2. The molecule has 0 atom stereocenters. The van der Waals surface area contributed by atoms with Gasteiger partial charge in [-0.05, 0) is 60.2 Å². The van der Waals surface area contributed by atoms with Crippen molar-refractivity contribution in [3.8, 4) is 0 Å². The lowest BCUT2D eigenvalue weighted by molar-refractivity contribution is 0.00309. The molecule has 0 aliphatic rings. The molecule has 0 radical (unpaired) electrons. The highest BCUT2D eigenvalue weighted by molar-refractivity contribution is 9.10. The van der Waals surface area contributed by atoms with E-state index in [0.717, 1.165) is 33.7 Å². The van der Waals surface area contributed by atoms with Crippen LogP contribution < -0.4 is 27.2 Å². The van der Waals surface area contributed by atoms with E-state index >= 15 is 8.78 Å². The van der Waals surface area contributed by atoms with Crippen LogP contribution in [0.1, 0.15) is 32.0 Å². The van der Waals surface area contributed by atoms with Gasteiger partial charge in [0.25, 0.3) is 17.0 Å². The number of rotatable bonds is 14. The number of pyridine rings is 4. The Labute approximate surface area is 336 Å². The molecule has 1 amide bonds. The molecule has 0 aliphatic heterocycles. The smallest absolute Gasteiger partial charge is 0.341 e. The molecule has 3 N–H and O–H groups in total. The van der Waals surface area contributed by atoms with Crippen LogP contribution in [0, 0.1) is 23.3 Å². The highest BCUT2D eigenvalue weighted by Gasteiger charge is 2.25. The molecule has 0 aliphatic carbocycles. The Morgan fingerprint density at radius 3 is 1.91 bits per heavy atom. The summed E-state index contributed by atoms with van der Waals surface area (Å²) in [6.45, 7) is -1.47. The first-order chi connectivity index (χ1) is 27.4. The number of nitrogens with zero attached hydrogens (tertiary/aromatic N) is 4. The minimum Gasteiger partial charge on any atom is -0.459 e. The largest absolute Gasteiger partial charge is 0.459 e. The van der Waals surface area contributed by atoms with E-state index in [-0.39, 0.29) is 24.5 Å². The van der Waals surface area contributed by atoms with Gasteiger partial charge in [0.05, 0.1) is 47.1 Å². The predicted molar refractivity (Wildman–Crippen MR) is 206 cm³/mol. The van der Waals surface area contributed by atoms with Gasteiger partial charge in [0.15, 0.2) is 0 Å². The number of ether oxygens (including phenoxy) is 1. The molecule has 19 heteroatoms. The van der Waals surface area contributed by atoms with Crippen LogP contribution in [0.3, 0.4) is 0 Å². The third kappa shape index (κ3) is 9.80. The summed E-state index contributed by atoms with van der Waals surface area (Å²) >= 11 is 6.26. The van der Waals surface area contributed by atoms with Crippen molar-refractivity contribution in [3.63, 3.8) is 0 Å². The van der Waals surface area contributed by atoms with Crippen molar-refractivity contribution >= 4 is 66.5 Å². The molecule has 4 heterocycles. The van der Waals surface area contributed by atoms with Crippen LogP contribution in [0.15, 0.2) is 116 Å². The summed E-state index contributed by atoms with van der Waals surface area (Å²) in [6.07, 6.45) is 6.49. The zero-order chi connectivity index (χ0) is 40.6. The molecule has 0 unspecified atom stereocenters. The number of hydrogen-bond acceptors (Lipinski definition) is 10. The van der Waals surface area contributed by atoms with Gasteiger partial charge in [-0.3, -0.25) is 29.2 Å². The minimum absolute atomic E-state index is 0.174. The lowest BCUT2D eigenvalue weighted by Gasteiger charge is -2.17. The van der Waals surface area contributed by atoms with Gasteiger partial charge in [0.1, 0.15) is 30.4 Å². The maximum atomic E-state index is 15.7. The van der Waals surface area contributed by atoms with E-state index in [4.69, 9.17) is 9.57 Å². The van der Waals surface area contributed by atoms with E-state index in [0.29, 0.717) is 20.2 Å². The Morgan fingerprint density at radius 2 is 1.33 bits per heavy atom. The van der Waals surface area contributed by atoms with E-state index in [1.54, 1.807) is 30.3 Å². The van der Waals surface area contributed by atoms with Crippen molar-refractivity contribution in [2.24, 2.45) is 0 Å². The van der Waals surface area contributed by atoms with Gasteiger partial charge in [-0.25, -0.2) is 19.1 Å². The Bertz CT molecular complexity index is 2400. The van der Waals surface area contributed by atoms with Crippen molar-refractivity contribution in [3.05, 3.63) is 173 Å². The monoisotopic (exact) mass is 911 g/mol. The average molecular weight is 913 g/mol. The maximum absolute atomic E-state index is 15.7. The highest BCUT2D eigenvalue weighted by atomic mass is 79.9. The molecular formula is C38H27Br2F4N7O6. The fourth-order valence-corrected chi connectivity index (χ4v) is 5.96. The van der Waals surface area contributed by atoms with Gasteiger partial charge in [0, 0.05) is 39.9 Å². The molecular weight excluding hydrogens is 886 g/mol. The number of hydroxylamine groups is 1. The van der Waals surface area contributed by atoms with Gasteiger partial charge in [-0.1, -0.05) is 44.0 Å². The van der Waals surface area contributed by atoms with Crippen LogP contribution in [-0.4, -0.2) is 44.2 Å². The number of amides is 1. The van der Waals surface area contributed by atoms with Crippen LogP contribution in [0.5, 0.6) is 0 Å². The van der Waals surface area contributed by atoms with Gasteiger partial charge in [-0.15, -0.1) is 0 Å². The average Bonchev–Trinajstić information content (AvgIpc) is 3.19. The summed E-state index contributed by atoms with van der Waals surface area (Å²) in [5.41, 5.74) is -2.07. The van der Waals surface area contributed by atoms with E-state index in [1.807, 2.05) is 0 Å². The van der Waals surface area contributed by atoms with E-state index in [1.165, 1.54) is 42.9 Å². The van der Waals surface area contributed by atoms with E-state index in [9.17, 15) is 28.0 Å². The van der Waals surface area contributed by atoms with Crippen LogP contribution in [-0.2, 0) is 22.7 Å². The molecule has 0 bridgehead atoms. The standard InChI is InChI=1S/C38H27Br2F4N7O6/c39-22-6-8-29(27(41)14-22)47-33-25(19-51(37(54)31(33)43)18-24-5-1-2-11-46-24)35(52)49-57-13-12-56-38(55)26-20-50(17-21-4-3-10-45-16-21)36(53)32(44)34(26)48-30-9-7-23(40)15-28(30)42/h1-11,14-16,19-20,47-48H,12-13,17-18H2,(H,49,52). The van der Waals surface area contributed by atoms with E-state index in [2.05, 4.69) is 57.9 Å². The Hall–Kier alpha value is -6.18. The summed E-state index contributed by atoms with van der Waals surface area (Å²) in [7, 11) is 0. The second-order valence-electron chi connectivity index (χ2n) is 11.9. The quantitative estimate of drug-likeness (QED) is 0.0451. The van der Waals surface area contributed by atoms with Crippen molar-refractivity contribution < 1.29 is 36.7 Å². The number of carbonyl (C=O) groups excluding carboxylic acids is 2. The summed E-state index contributed by atoms with van der Waals surface area (Å²) in [5, 5.41) is 4.93. The summed E-state index contributed by atoms with van der Waals surface area (Å²) in [5.74, 6) is -6.68. The third-order valence-corrected chi connectivity index (χ3v) is 9.00. The van der Waals surface area contributed by atoms with Crippen LogP contribution in [0.2, 0.25) is 0 Å². The van der Waals surface area contributed by atoms with Crippen molar-refractivity contribution in [1.29, 1.82) is 0 Å². The molecule has 0 saturated heterocycles. The van der Waals surface area contributed by atoms with Crippen LogP contribution >= 0.6 is 31.9 Å². The number of anilines is 4. The number of esters is 1. The first-order valence-electron chi connectivity index (χ1n) is 16.6. The maximum Gasteiger partial charge on any atom is 0.341 e. The lowest BCUT2D eigenvalue weighted by Crippen LogP contribution is -2.32. The Kier molecular flexibility index (Phi) is 12.9. The normalized spacial score (nSPS) is 10.9. The van der Waals surface area contributed by atoms with Crippen molar-refractivity contribution in [1.82, 2.24) is 24.6 Å². The molecule has 4 aromatic heterocycles. The second-order valence-corrected chi connectivity index (χ2v) is 13.8. The Morgan fingerprint density at radius 1 is 0.719 bits per heavy atom. The molecule has 57 heavy (non-hydrogen) atoms. The summed E-state index contributed by atoms with van der Waals surface area (Å²) < 4.78 is 68.7. The molecule has 0 fully saturated rings. The van der Waals surface area contributed by atoms with Crippen molar-refractivity contribution in [2.45, 2.75) is 13.1 Å². The second kappa shape index (κ2) is 18.2. The number of hydrogen-bond donors (Lipinski definition) is 3. The number of nitrogens with one attached hydrogen (secondary N) is 3. The van der Waals surface area contributed by atoms with Gasteiger partial charge >= 0.3 is 5.97 Å². The van der Waals surface area contributed by atoms with Crippen LogP contribution in [0.4, 0.5) is 40.3 Å². The number of carbonyl (C=O) groups is 2. The molecule has 0 spiro atoms. The SMILES string of the molecule is O=C(NOCCOC(=O)c1cn(Cc2cccnc2)c(=O)c(F)c1Nc1ccc(Br)cc1F)c1cn(Cc2ccccn2)c(=O)c(F)c1Nc1ccc(Br)cc1F. The van der Waals surface area contributed by atoms with Gasteiger partial charge < -0.3 is 24.5 Å². The summed E-state index contributed by atoms with van der Waals surface area (Å²) in [6, 6.07) is 15.7. The molecule has 0 saturated carbocycles. The molecule has 13 nitrogen and oxygen atoms in total. The number of benzene rings is 2. The zero-order valence-corrected chi connectivity index (χ0v) is 32.2.